The molecule has 3 aliphatic rings. The molecule has 27 heavy (non-hydrogen) atoms. The van der Waals surface area contributed by atoms with Crippen LogP contribution in [0.1, 0.15) is 44.1 Å². The summed E-state index contributed by atoms with van der Waals surface area (Å²) in [6.45, 7) is 2.20. The summed E-state index contributed by atoms with van der Waals surface area (Å²) in [6.07, 6.45) is 7.66. The number of ether oxygens (including phenoxy) is 4. The Morgan fingerprint density at radius 1 is 1.30 bits per heavy atom. The highest BCUT2D eigenvalue weighted by atomic mass is 16.7. The summed E-state index contributed by atoms with van der Waals surface area (Å²) >= 11 is 0. The number of allylic oxidation sites excluding steroid dienone is 1. The van der Waals surface area contributed by atoms with Crippen LogP contribution in [0, 0.1) is 5.41 Å². The average Bonchev–Trinajstić information content (AvgIpc) is 3.16. The number of nitrogens with one attached hydrogen (secondary N) is 2. The molecule has 6 heteroatoms. The van der Waals surface area contributed by atoms with E-state index in [0.717, 1.165) is 63.3 Å². The maximum Gasteiger partial charge on any atom is 0.180 e. The van der Waals surface area contributed by atoms with Crippen molar-refractivity contribution in [1.82, 2.24) is 0 Å². The van der Waals surface area contributed by atoms with Gasteiger partial charge in [0.1, 0.15) is 11.9 Å². The number of rotatable bonds is 4. The molecule has 1 atom stereocenters. The second-order valence-electron chi connectivity index (χ2n) is 7.45. The highest BCUT2D eigenvalue weighted by Crippen LogP contribution is 2.39. The van der Waals surface area contributed by atoms with Crippen LogP contribution in [0.15, 0.2) is 23.8 Å². The number of anilines is 1. The molecule has 1 unspecified atom stereocenters. The Hall–Kier alpha value is -2.05. The van der Waals surface area contributed by atoms with E-state index in [-0.39, 0.29) is 11.9 Å². The Labute approximate surface area is 160 Å². The van der Waals surface area contributed by atoms with E-state index in [4.69, 9.17) is 24.4 Å². The summed E-state index contributed by atoms with van der Waals surface area (Å²) in [5.41, 5.74) is 3.69. The summed E-state index contributed by atoms with van der Waals surface area (Å²) in [5.74, 6) is 0.873. The van der Waals surface area contributed by atoms with Gasteiger partial charge in [-0.15, -0.1) is 0 Å². The smallest absolute Gasteiger partial charge is 0.180 e. The van der Waals surface area contributed by atoms with Crippen LogP contribution in [-0.4, -0.2) is 44.7 Å². The maximum absolute atomic E-state index is 7.58. The van der Waals surface area contributed by atoms with Crippen LogP contribution in [-0.2, 0) is 14.2 Å². The Morgan fingerprint density at radius 3 is 2.81 bits per heavy atom. The minimum Gasteiger partial charge on any atom is -0.486 e. The van der Waals surface area contributed by atoms with Gasteiger partial charge in [-0.2, -0.15) is 0 Å². The Kier molecular flexibility index (Phi) is 5.36. The van der Waals surface area contributed by atoms with Crippen molar-refractivity contribution >= 4 is 17.7 Å². The van der Waals surface area contributed by atoms with E-state index >= 15 is 0 Å². The first-order valence-electron chi connectivity index (χ1n) is 9.79. The minimum atomic E-state index is -0.309. The van der Waals surface area contributed by atoms with Gasteiger partial charge >= 0.3 is 0 Å². The lowest BCUT2D eigenvalue weighted by Gasteiger charge is -2.32. The third kappa shape index (κ3) is 4.28. The van der Waals surface area contributed by atoms with E-state index in [0.29, 0.717) is 12.3 Å². The van der Waals surface area contributed by atoms with E-state index < -0.39 is 0 Å². The zero-order valence-corrected chi connectivity index (χ0v) is 15.9. The first kappa shape index (κ1) is 18.3. The van der Waals surface area contributed by atoms with Crippen LogP contribution >= 0.6 is 0 Å². The maximum atomic E-state index is 7.58. The average molecular weight is 372 g/mol. The lowest BCUT2D eigenvalue weighted by Crippen LogP contribution is -2.33. The van der Waals surface area contributed by atoms with Crippen molar-refractivity contribution in [2.45, 2.75) is 50.4 Å². The summed E-state index contributed by atoms with van der Waals surface area (Å²) < 4.78 is 22.6. The molecular weight excluding hydrogens is 344 g/mol. The molecule has 2 aliphatic heterocycles. The van der Waals surface area contributed by atoms with E-state index in [1.165, 1.54) is 18.2 Å². The molecule has 0 bridgehead atoms. The van der Waals surface area contributed by atoms with Gasteiger partial charge < -0.3 is 24.3 Å². The van der Waals surface area contributed by atoms with Crippen LogP contribution in [0.25, 0.3) is 6.08 Å². The molecule has 1 aromatic rings. The second-order valence-corrected chi connectivity index (χ2v) is 7.45. The van der Waals surface area contributed by atoms with Gasteiger partial charge in [-0.25, -0.2) is 0 Å². The highest BCUT2D eigenvalue weighted by Gasteiger charge is 2.38. The van der Waals surface area contributed by atoms with Crippen LogP contribution in [0.3, 0.4) is 0 Å². The number of hydrogen-bond acceptors (Lipinski definition) is 6. The van der Waals surface area contributed by atoms with Gasteiger partial charge in [0.25, 0.3) is 0 Å². The zero-order valence-electron chi connectivity index (χ0n) is 15.9. The molecule has 1 saturated carbocycles. The summed E-state index contributed by atoms with van der Waals surface area (Å²) in [5, 5.41) is 11.0. The van der Waals surface area contributed by atoms with Crippen molar-refractivity contribution in [3.8, 4) is 5.75 Å². The van der Waals surface area contributed by atoms with Crippen molar-refractivity contribution in [1.29, 1.82) is 5.41 Å². The SMILES string of the molecule is COC(=N)CCC1CNc2cc(C=C3CCC4(CC3)OCCO4)ccc2O1. The largest absolute Gasteiger partial charge is 0.486 e. The number of fused-ring (bicyclic) bond motifs is 1. The summed E-state index contributed by atoms with van der Waals surface area (Å²) in [4.78, 5) is 0. The lowest BCUT2D eigenvalue weighted by molar-refractivity contribution is -0.171. The first-order chi connectivity index (χ1) is 13.2. The summed E-state index contributed by atoms with van der Waals surface area (Å²) in [7, 11) is 1.54. The third-order valence-corrected chi connectivity index (χ3v) is 5.60. The number of benzene rings is 1. The van der Waals surface area contributed by atoms with E-state index in [1.807, 2.05) is 6.07 Å². The molecule has 0 radical (unpaired) electrons. The Balaban J connectivity index is 1.36. The zero-order chi connectivity index (χ0) is 18.7. The van der Waals surface area contributed by atoms with Gasteiger partial charge in [-0.05, 0) is 37.0 Å². The van der Waals surface area contributed by atoms with E-state index in [9.17, 15) is 0 Å². The van der Waals surface area contributed by atoms with Gasteiger partial charge in [0, 0.05) is 19.3 Å². The van der Waals surface area contributed by atoms with E-state index in [1.54, 1.807) is 0 Å². The molecule has 2 N–H and O–H groups in total. The van der Waals surface area contributed by atoms with Gasteiger partial charge in [-0.1, -0.05) is 17.7 Å². The molecule has 1 saturated heterocycles. The Morgan fingerprint density at radius 2 is 2.07 bits per heavy atom. The predicted molar refractivity (Wildman–Crippen MR) is 104 cm³/mol. The minimum absolute atomic E-state index is 0.0677. The quantitative estimate of drug-likeness (QED) is 0.618. The van der Waals surface area contributed by atoms with Gasteiger partial charge in [0.2, 0.25) is 0 Å². The van der Waals surface area contributed by atoms with Crippen LogP contribution in [0.4, 0.5) is 5.69 Å². The fourth-order valence-electron chi connectivity index (χ4n) is 4.00. The van der Waals surface area contributed by atoms with Crippen molar-refractivity contribution in [3.05, 3.63) is 29.3 Å². The normalized spacial score (nSPS) is 23.3. The van der Waals surface area contributed by atoms with Crippen molar-refractivity contribution in [3.63, 3.8) is 0 Å². The number of hydrogen-bond donors (Lipinski definition) is 2. The third-order valence-electron chi connectivity index (χ3n) is 5.60. The second kappa shape index (κ2) is 7.90. The molecule has 1 spiro atoms. The molecule has 1 aliphatic carbocycles. The van der Waals surface area contributed by atoms with Crippen molar-refractivity contribution in [2.24, 2.45) is 0 Å². The van der Waals surface area contributed by atoms with Crippen LogP contribution in [0.2, 0.25) is 0 Å². The first-order valence-corrected chi connectivity index (χ1v) is 9.79. The number of methoxy groups -OCH3 is 1. The lowest BCUT2D eigenvalue weighted by atomic mass is 9.88. The molecule has 4 rings (SSSR count). The topological polar surface area (TPSA) is 72.8 Å². The Bertz CT molecular complexity index is 713. The predicted octanol–water partition coefficient (Wildman–Crippen LogP) is 3.96. The molecule has 1 aromatic carbocycles. The monoisotopic (exact) mass is 372 g/mol. The van der Waals surface area contributed by atoms with Crippen LogP contribution in [0.5, 0.6) is 5.75 Å². The highest BCUT2D eigenvalue weighted by molar-refractivity contribution is 5.72. The van der Waals surface area contributed by atoms with Gasteiger partial charge in [0.15, 0.2) is 11.7 Å². The van der Waals surface area contributed by atoms with Crippen LogP contribution < -0.4 is 10.1 Å². The van der Waals surface area contributed by atoms with Gasteiger partial charge in [-0.3, -0.25) is 5.41 Å². The van der Waals surface area contributed by atoms with E-state index in [2.05, 4.69) is 23.5 Å². The molecule has 0 aromatic heterocycles. The molecule has 2 heterocycles. The van der Waals surface area contributed by atoms with Crippen molar-refractivity contribution in [2.75, 3.05) is 32.2 Å². The standard InChI is InChI=1S/C21H28N2O4/c1-24-20(22)5-3-17-14-23-18-13-16(2-4-19(18)27-17)12-15-6-8-21(9-7-15)25-10-11-26-21/h2,4,12-13,17,22-23H,3,5-11,14H2,1H3. The molecule has 146 valence electrons. The molecule has 6 nitrogen and oxygen atoms in total. The molecule has 2 fully saturated rings. The summed E-state index contributed by atoms with van der Waals surface area (Å²) in [6, 6.07) is 6.30. The fraction of sp³-hybridized carbons (Fsp3) is 0.571. The van der Waals surface area contributed by atoms with Gasteiger partial charge in [0.05, 0.1) is 32.6 Å². The molecular formula is C21H28N2O4. The fourth-order valence-corrected chi connectivity index (χ4v) is 4.00. The molecule has 0 amide bonds. The van der Waals surface area contributed by atoms with Crippen molar-refractivity contribution < 1.29 is 18.9 Å².